The fraction of sp³-hybridized carbons (Fsp3) is 0.158. The minimum absolute atomic E-state index is 0.102. The van der Waals surface area contributed by atoms with Gasteiger partial charge in [0.15, 0.2) is 0 Å². The molecule has 3 aromatic rings. The van der Waals surface area contributed by atoms with Crippen molar-refractivity contribution in [2.24, 2.45) is 0 Å². The van der Waals surface area contributed by atoms with Crippen LogP contribution in [0.25, 0.3) is 0 Å². The highest BCUT2D eigenvalue weighted by Gasteiger charge is 2.11. The molecule has 3 nitrogen and oxygen atoms in total. The van der Waals surface area contributed by atoms with Crippen LogP contribution in [0.3, 0.4) is 0 Å². The Balaban J connectivity index is 1.55. The van der Waals surface area contributed by atoms with E-state index in [1.165, 1.54) is 5.56 Å². The molecule has 0 aliphatic rings. The summed E-state index contributed by atoms with van der Waals surface area (Å²) < 4.78 is 0.946. The van der Waals surface area contributed by atoms with Crippen molar-refractivity contribution in [1.29, 1.82) is 0 Å². The number of carbonyl (C=O) groups excluding carboxylic acids is 1. The Morgan fingerprint density at radius 3 is 2.73 bits per heavy atom. The summed E-state index contributed by atoms with van der Waals surface area (Å²) in [4.78, 5) is 16.8. The van der Waals surface area contributed by atoms with Gasteiger partial charge in [0, 0.05) is 26.9 Å². The van der Waals surface area contributed by atoms with Gasteiger partial charge in [-0.3, -0.25) is 4.79 Å². The van der Waals surface area contributed by atoms with Gasteiger partial charge < -0.3 is 5.32 Å². The number of amides is 1. The summed E-state index contributed by atoms with van der Waals surface area (Å²) in [6.45, 7) is 1.88. The standard InChI is InChI=1S/C19H16Cl2N2OS2/c1-12-16(21)3-2-4-17(12)23-18(24)9-15-11-26-19(22-15)25-10-13-5-7-14(20)8-6-13/h2-8,11H,9-10H2,1H3,(H,23,24). The molecule has 0 fully saturated rings. The van der Waals surface area contributed by atoms with E-state index in [-0.39, 0.29) is 12.3 Å². The highest BCUT2D eigenvalue weighted by molar-refractivity contribution is 8.00. The summed E-state index contributed by atoms with van der Waals surface area (Å²) >= 11 is 15.2. The number of carbonyl (C=O) groups is 1. The van der Waals surface area contributed by atoms with Crippen molar-refractivity contribution in [3.8, 4) is 0 Å². The Morgan fingerprint density at radius 1 is 1.19 bits per heavy atom. The minimum atomic E-state index is -0.102. The first-order valence-corrected chi connectivity index (χ1v) is 10.5. The van der Waals surface area contributed by atoms with Crippen LogP contribution >= 0.6 is 46.3 Å². The summed E-state index contributed by atoms with van der Waals surface area (Å²) in [7, 11) is 0. The number of benzene rings is 2. The van der Waals surface area contributed by atoms with E-state index in [2.05, 4.69) is 10.3 Å². The van der Waals surface area contributed by atoms with Gasteiger partial charge in [0.05, 0.1) is 12.1 Å². The average molecular weight is 423 g/mol. The van der Waals surface area contributed by atoms with Crippen molar-refractivity contribution in [2.45, 2.75) is 23.4 Å². The van der Waals surface area contributed by atoms with Gasteiger partial charge >= 0.3 is 0 Å². The lowest BCUT2D eigenvalue weighted by atomic mass is 10.2. The first-order valence-electron chi connectivity index (χ1n) is 7.88. The maximum atomic E-state index is 12.3. The van der Waals surface area contributed by atoms with Crippen molar-refractivity contribution in [3.05, 3.63) is 74.7 Å². The Labute approximate surface area is 170 Å². The second-order valence-electron chi connectivity index (χ2n) is 5.66. The monoisotopic (exact) mass is 422 g/mol. The van der Waals surface area contributed by atoms with Crippen molar-refractivity contribution in [1.82, 2.24) is 4.98 Å². The lowest BCUT2D eigenvalue weighted by Gasteiger charge is -2.08. The van der Waals surface area contributed by atoms with Crippen LogP contribution in [0.15, 0.2) is 52.2 Å². The molecule has 0 saturated carbocycles. The zero-order valence-electron chi connectivity index (χ0n) is 14.0. The number of rotatable bonds is 6. The maximum Gasteiger partial charge on any atom is 0.230 e. The summed E-state index contributed by atoms with van der Waals surface area (Å²) in [5.74, 6) is 0.716. The zero-order valence-corrected chi connectivity index (χ0v) is 17.1. The van der Waals surface area contributed by atoms with E-state index in [0.717, 1.165) is 32.1 Å². The van der Waals surface area contributed by atoms with Crippen molar-refractivity contribution < 1.29 is 4.79 Å². The molecule has 0 bridgehead atoms. The van der Waals surface area contributed by atoms with Gasteiger partial charge in [-0.05, 0) is 42.3 Å². The molecule has 0 atom stereocenters. The van der Waals surface area contributed by atoms with Crippen molar-refractivity contribution >= 4 is 57.9 Å². The molecule has 7 heteroatoms. The quantitative estimate of drug-likeness (QED) is 0.478. The number of hydrogen-bond acceptors (Lipinski definition) is 4. The van der Waals surface area contributed by atoms with E-state index in [0.29, 0.717) is 5.02 Å². The summed E-state index contributed by atoms with van der Waals surface area (Å²) in [5.41, 5.74) is 3.55. The van der Waals surface area contributed by atoms with Crippen LogP contribution in [0.1, 0.15) is 16.8 Å². The molecule has 0 saturated heterocycles. The molecular weight excluding hydrogens is 407 g/mol. The van der Waals surface area contributed by atoms with Gasteiger partial charge in [0.1, 0.15) is 4.34 Å². The molecule has 1 aromatic heterocycles. The third kappa shape index (κ3) is 5.24. The zero-order chi connectivity index (χ0) is 18.5. The Hall–Kier alpha value is -1.53. The van der Waals surface area contributed by atoms with Crippen LogP contribution < -0.4 is 5.32 Å². The SMILES string of the molecule is Cc1c(Cl)cccc1NC(=O)Cc1csc(SCc2ccc(Cl)cc2)n1. The van der Waals surface area contributed by atoms with Gasteiger partial charge in [-0.25, -0.2) is 4.98 Å². The smallest absolute Gasteiger partial charge is 0.230 e. The molecule has 1 heterocycles. The fourth-order valence-electron chi connectivity index (χ4n) is 2.26. The lowest BCUT2D eigenvalue weighted by Crippen LogP contribution is -2.15. The second kappa shape index (κ2) is 8.91. The number of hydrogen-bond donors (Lipinski definition) is 1. The Morgan fingerprint density at radius 2 is 1.96 bits per heavy atom. The molecular formula is C19H16Cl2N2OS2. The first-order chi connectivity index (χ1) is 12.5. The largest absolute Gasteiger partial charge is 0.325 e. The van der Waals surface area contributed by atoms with Gasteiger partial charge in [-0.2, -0.15) is 0 Å². The predicted molar refractivity (Wildman–Crippen MR) is 112 cm³/mol. The molecule has 3 rings (SSSR count). The normalized spacial score (nSPS) is 10.7. The van der Waals surface area contributed by atoms with Gasteiger partial charge in [0.25, 0.3) is 0 Å². The molecule has 0 unspecified atom stereocenters. The van der Waals surface area contributed by atoms with Crippen molar-refractivity contribution in [3.63, 3.8) is 0 Å². The van der Waals surface area contributed by atoms with Gasteiger partial charge in [-0.1, -0.05) is 53.2 Å². The molecule has 2 aromatic carbocycles. The van der Waals surface area contributed by atoms with Crippen LogP contribution in [0.4, 0.5) is 5.69 Å². The number of nitrogens with one attached hydrogen (secondary N) is 1. The third-order valence-electron chi connectivity index (χ3n) is 3.69. The molecule has 0 spiro atoms. The third-order valence-corrected chi connectivity index (χ3v) is 6.49. The van der Waals surface area contributed by atoms with Crippen LogP contribution in [0, 0.1) is 6.92 Å². The molecule has 0 aliphatic heterocycles. The number of halogens is 2. The molecule has 1 amide bonds. The van der Waals surface area contributed by atoms with E-state index in [9.17, 15) is 4.79 Å². The maximum absolute atomic E-state index is 12.3. The highest BCUT2D eigenvalue weighted by atomic mass is 35.5. The molecule has 0 aliphatic carbocycles. The average Bonchev–Trinajstić information content (AvgIpc) is 3.06. The van der Waals surface area contributed by atoms with Crippen LogP contribution in [0.2, 0.25) is 10.0 Å². The first kappa shape index (κ1) is 19.2. The molecule has 0 radical (unpaired) electrons. The molecule has 26 heavy (non-hydrogen) atoms. The number of aromatic nitrogens is 1. The molecule has 134 valence electrons. The number of thiazole rings is 1. The van der Waals surface area contributed by atoms with Crippen LogP contribution in [-0.4, -0.2) is 10.9 Å². The lowest BCUT2D eigenvalue weighted by molar-refractivity contribution is -0.115. The van der Waals surface area contributed by atoms with E-state index >= 15 is 0 Å². The predicted octanol–water partition coefficient (Wildman–Crippen LogP) is 6.23. The van der Waals surface area contributed by atoms with Crippen LogP contribution in [-0.2, 0) is 17.0 Å². The van der Waals surface area contributed by atoms with Crippen molar-refractivity contribution in [2.75, 3.05) is 5.32 Å². The second-order valence-corrected chi connectivity index (χ2v) is 8.58. The number of thioether (sulfide) groups is 1. The number of nitrogens with zero attached hydrogens (tertiary/aromatic N) is 1. The Kier molecular flexibility index (Phi) is 6.59. The van der Waals surface area contributed by atoms with E-state index in [1.54, 1.807) is 29.2 Å². The van der Waals surface area contributed by atoms with Gasteiger partial charge in [-0.15, -0.1) is 11.3 Å². The summed E-state index contributed by atoms with van der Waals surface area (Å²) in [6.07, 6.45) is 0.240. The topological polar surface area (TPSA) is 42.0 Å². The molecule has 1 N–H and O–H groups in total. The fourth-order valence-corrected chi connectivity index (χ4v) is 4.36. The van der Waals surface area contributed by atoms with E-state index in [4.69, 9.17) is 23.2 Å². The number of anilines is 1. The minimum Gasteiger partial charge on any atom is -0.325 e. The summed E-state index contributed by atoms with van der Waals surface area (Å²) in [5, 5.41) is 6.19. The highest BCUT2D eigenvalue weighted by Crippen LogP contribution is 2.27. The van der Waals surface area contributed by atoms with Gasteiger partial charge in [0.2, 0.25) is 5.91 Å². The Bertz CT molecular complexity index is 910. The van der Waals surface area contributed by atoms with E-state index in [1.807, 2.05) is 48.7 Å². The summed E-state index contributed by atoms with van der Waals surface area (Å²) in [6, 6.07) is 13.2. The van der Waals surface area contributed by atoms with E-state index < -0.39 is 0 Å². The van der Waals surface area contributed by atoms with Crippen LogP contribution in [0.5, 0.6) is 0 Å².